The van der Waals surface area contributed by atoms with Crippen molar-refractivity contribution in [3.05, 3.63) is 65.2 Å². The van der Waals surface area contributed by atoms with E-state index in [1.807, 2.05) is 76.2 Å². The molecule has 168 valence electrons. The van der Waals surface area contributed by atoms with Crippen LogP contribution in [-0.4, -0.2) is 41.7 Å². The summed E-state index contributed by atoms with van der Waals surface area (Å²) in [5, 5.41) is 3.01. The largest absolute Gasteiger partial charge is 0.497 e. The van der Waals surface area contributed by atoms with Gasteiger partial charge in [0.25, 0.3) is 0 Å². The van der Waals surface area contributed by atoms with Crippen LogP contribution >= 0.6 is 11.8 Å². The number of hydrogen-bond donors (Lipinski definition) is 1. The van der Waals surface area contributed by atoms with Gasteiger partial charge in [-0.3, -0.25) is 9.59 Å². The van der Waals surface area contributed by atoms with Crippen molar-refractivity contribution in [1.82, 2.24) is 10.2 Å². The van der Waals surface area contributed by atoms with Gasteiger partial charge < -0.3 is 15.0 Å². The minimum absolute atomic E-state index is 0.0337. The van der Waals surface area contributed by atoms with Crippen molar-refractivity contribution in [3.8, 4) is 5.75 Å². The molecular weight excluding hydrogens is 408 g/mol. The highest BCUT2D eigenvalue weighted by Gasteiger charge is 2.27. The van der Waals surface area contributed by atoms with Crippen LogP contribution in [0.3, 0.4) is 0 Å². The molecule has 2 amide bonds. The number of methoxy groups -OCH3 is 1. The van der Waals surface area contributed by atoms with E-state index >= 15 is 0 Å². The maximum atomic E-state index is 13.2. The van der Waals surface area contributed by atoms with E-state index in [4.69, 9.17) is 4.74 Å². The quantitative estimate of drug-likeness (QED) is 0.554. The van der Waals surface area contributed by atoms with Gasteiger partial charge in [0.05, 0.1) is 12.9 Å². The summed E-state index contributed by atoms with van der Waals surface area (Å²) in [4.78, 5) is 27.6. The highest BCUT2D eigenvalue weighted by atomic mass is 32.2. The Kier molecular flexibility index (Phi) is 9.92. The minimum atomic E-state index is -0.539. The van der Waals surface area contributed by atoms with Crippen molar-refractivity contribution < 1.29 is 14.3 Å². The second kappa shape index (κ2) is 12.4. The van der Waals surface area contributed by atoms with Gasteiger partial charge in [-0.15, -0.1) is 11.8 Å². The number of thioether (sulfide) groups is 1. The second-order valence-electron chi connectivity index (χ2n) is 7.78. The molecular formula is C25H34N2O3S. The molecule has 2 aromatic carbocycles. The lowest BCUT2D eigenvalue weighted by atomic mass is 10.1. The molecule has 0 aromatic heterocycles. The Bertz CT molecular complexity index is 854. The van der Waals surface area contributed by atoms with Crippen LogP contribution in [0.5, 0.6) is 5.75 Å². The van der Waals surface area contributed by atoms with Gasteiger partial charge in [0.2, 0.25) is 11.8 Å². The van der Waals surface area contributed by atoms with E-state index in [0.717, 1.165) is 34.6 Å². The molecule has 0 aliphatic carbocycles. The molecule has 0 aliphatic rings. The van der Waals surface area contributed by atoms with Crippen molar-refractivity contribution in [1.29, 1.82) is 0 Å². The zero-order valence-electron chi connectivity index (χ0n) is 19.2. The average Bonchev–Trinajstić information content (AvgIpc) is 2.78. The number of ether oxygens (including phenoxy) is 1. The first kappa shape index (κ1) is 24.8. The first-order valence-electron chi connectivity index (χ1n) is 10.7. The van der Waals surface area contributed by atoms with E-state index in [1.165, 1.54) is 0 Å². The molecule has 2 rings (SSSR count). The fourth-order valence-corrected chi connectivity index (χ4v) is 3.95. The van der Waals surface area contributed by atoms with Crippen molar-refractivity contribution in [2.75, 3.05) is 12.9 Å². The fourth-order valence-electron chi connectivity index (χ4n) is 3.08. The molecule has 0 unspecified atom stereocenters. The van der Waals surface area contributed by atoms with E-state index in [-0.39, 0.29) is 17.9 Å². The number of carbonyl (C=O) groups is 2. The Hall–Kier alpha value is -2.47. The van der Waals surface area contributed by atoms with Crippen LogP contribution in [0.15, 0.2) is 48.5 Å². The zero-order chi connectivity index (χ0) is 22.8. The molecule has 1 N–H and O–H groups in total. The Morgan fingerprint density at radius 1 is 1.10 bits per heavy atom. The number of aryl methyl sites for hydroxylation is 1. The normalized spacial score (nSPS) is 12.7. The molecule has 0 aliphatic heterocycles. The average molecular weight is 443 g/mol. The molecule has 31 heavy (non-hydrogen) atoms. The predicted octanol–water partition coefficient (Wildman–Crippen LogP) is 4.57. The first-order valence-corrected chi connectivity index (χ1v) is 11.9. The predicted molar refractivity (Wildman–Crippen MR) is 128 cm³/mol. The highest BCUT2D eigenvalue weighted by molar-refractivity contribution is 7.99. The van der Waals surface area contributed by atoms with Crippen molar-refractivity contribution in [2.24, 2.45) is 0 Å². The van der Waals surface area contributed by atoms with Crippen LogP contribution in [0.2, 0.25) is 0 Å². The van der Waals surface area contributed by atoms with Crippen LogP contribution in [-0.2, 0) is 21.9 Å². The number of rotatable bonds is 11. The summed E-state index contributed by atoms with van der Waals surface area (Å²) in [7, 11) is 1.64. The van der Waals surface area contributed by atoms with Crippen LogP contribution < -0.4 is 10.1 Å². The summed E-state index contributed by atoms with van der Waals surface area (Å²) in [6.45, 7) is 8.26. The number of nitrogens with zero attached hydrogens (tertiary/aromatic N) is 1. The Morgan fingerprint density at radius 2 is 1.77 bits per heavy atom. The van der Waals surface area contributed by atoms with E-state index < -0.39 is 6.04 Å². The number of amides is 2. The second-order valence-corrected chi connectivity index (χ2v) is 8.77. The molecule has 0 heterocycles. The molecule has 0 saturated heterocycles. The van der Waals surface area contributed by atoms with Gasteiger partial charge in [0, 0.05) is 18.3 Å². The third kappa shape index (κ3) is 7.62. The number of nitrogens with one attached hydrogen (secondary N) is 1. The van der Waals surface area contributed by atoms with Gasteiger partial charge in [-0.2, -0.15) is 0 Å². The molecule has 0 spiro atoms. The third-order valence-electron chi connectivity index (χ3n) is 5.42. The Labute approximate surface area is 190 Å². The van der Waals surface area contributed by atoms with Crippen molar-refractivity contribution >= 4 is 23.6 Å². The number of carbonyl (C=O) groups excluding carboxylic acids is 2. The van der Waals surface area contributed by atoms with Crippen LogP contribution in [0.1, 0.15) is 43.9 Å². The molecule has 0 radical (unpaired) electrons. The zero-order valence-corrected chi connectivity index (χ0v) is 20.0. The topological polar surface area (TPSA) is 58.6 Å². The first-order chi connectivity index (χ1) is 14.8. The Morgan fingerprint density at radius 3 is 2.39 bits per heavy atom. The molecule has 0 saturated carbocycles. The lowest BCUT2D eigenvalue weighted by Gasteiger charge is -2.30. The molecule has 0 bridgehead atoms. The maximum absolute atomic E-state index is 13.2. The highest BCUT2D eigenvalue weighted by Crippen LogP contribution is 2.19. The minimum Gasteiger partial charge on any atom is -0.497 e. The third-order valence-corrected chi connectivity index (χ3v) is 6.41. The van der Waals surface area contributed by atoms with Crippen molar-refractivity contribution in [2.45, 2.75) is 58.5 Å². The molecule has 2 aromatic rings. The molecule has 0 fully saturated rings. The van der Waals surface area contributed by atoms with Crippen LogP contribution in [0, 0.1) is 6.92 Å². The van der Waals surface area contributed by atoms with E-state index in [2.05, 4.69) is 5.32 Å². The Balaban J connectivity index is 2.07. The maximum Gasteiger partial charge on any atom is 0.242 e. The summed E-state index contributed by atoms with van der Waals surface area (Å²) in [6.07, 6.45) is 0.849. The van der Waals surface area contributed by atoms with E-state index in [9.17, 15) is 9.59 Å². The summed E-state index contributed by atoms with van der Waals surface area (Å²) >= 11 is 1.55. The summed E-state index contributed by atoms with van der Waals surface area (Å²) in [5.74, 6) is 1.71. The summed E-state index contributed by atoms with van der Waals surface area (Å²) < 4.78 is 5.19. The molecule has 2 atom stereocenters. The van der Waals surface area contributed by atoms with Gasteiger partial charge in [-0.1, -0.05) is 43.3 Å². The molecule has 5 nitrogen and oxygen atoms in total. The number of benzene rings is 2. The lowest BCUT2D eigenvalue weighted by Crippen LogP contribution is -2.50. The molecule has 6 heteroatoms. The van der Waals surface area contributed by atoms with Gasteiger partial charge in [-0.05, 0) is 56.0 Å². The van der Waals surface area contributed by atoms with Gasteiger partial charge in [0.15, 0.2) is 0 Å². The smallest absolute Gasteiger partial charge is 0.242 e. The fraction of sp³-hybridized carbons (Fsp3) is 0.440. The van der Waals surface area contributed by atoms with E-state index in [0.29, 0.717) is 12.3 Å². The van der Waals surface area contributed by atoms with Gasteiger partial charge in [-0.25, -0.2) is 0 Å². The van der Waals surface area contributed by atoms with E-state index in [1.54, 1.807) is 23.8 Å². The number of hydrogen-bond acceptors (Lipinski definition) is 4. The monoisotopic (exact) mass is 442 g/mol. The van der Waals surface area contributed by atoms with Crippen LogP contribution in [0.4, 0.5) is 0 Å². The van der Waals surface area contributed by atoms with Crippen LogP contribution in [0.25, 0.3) is 0 Å². The summed E-state index contributed by atoms with van der Waals surface area (Å²) in [6, 6.07) is 15.4. The van der Waals surface area contributed by atoms with Gasteiger partial charge in [0.1, 0.15) is 11.8 Å². The summed E-state index contributed by atoms with van der Waals surface area (Å²) in [5.41, 5.74) is 3.30. The van der Waals surface area contributed by atoms with Crippen molar-refractivity contribution in [3.63, 3.8) is 0 Å². The SMILES string of the molecule is CC[C@@H](C)NC(=O)[C@@H](C)N(Cc1ccccc1C)C(=O)CSCc1ccc(OC)cc1. The van der Waals surface area contributed by atoms with Gasteiger partial charge >= 0.3 is 0 Å². The lowest BCUT2D eigenvalue weighted by molar-refractivity contribution is -0.138. The standard InChI is InChI=1S/C25H34N2O3S/c1-6-19(3)26-25(29)20(4)27(15-22-10-8-7-9-18(22)2)24(28)17-31-16-21-11-13-23(30-5)14-12-21/h7-14,19-20H,6,15-17H2,1-5H3,(H,26,29)/t19-,20-/m1/s1.